The summed E-state index contributed by atoms with van der Waals surface area (Å²) in [4.78, 5) is 4.12. The normalized spacial score (nSPS) is 12.7. The molecule has 0 spiro atoms. The Labute approximate surface area is 107 Å². The molecular weight excluding hydrogens is 265 g/mol. The molecule has 0 aliphatic rings. The van der Waals surface area contributed by atoms with Crippen molar-refractivity contribution in [3.8, 4) is 0 Å². The number of nitrogens with zero attached hydrogens (tertiary/aromatic N) is 1. The predicted molar refractivity (Wildman–Crippen MR) is 67.2 cm³/mol. The summed E-state index contributed by atoms with van der Waals surface area (Å²) in [5.74, 6) is 0. The van der Waals surface area contributed by atoms with E-state index in [1.165, 1.54) is 11.3 Å². The molecule has 2 aromatic rings. The standard InChI is InChI=1S/C11H9Cl2NOS/c12-8-3-7(4-9(13)5-8)10(15)6-11-14-1-2-16-11/h1-5,10,15H,6H2. The van der Waals surface area contributed by atoms with Crippen LogP contribution in [0.2, 0.25) is 10.0 Å². The SMILES string of the molecule is OC(Cc1nccs1)c1cc(Cl)cc(Cl)c1. The van der Waals surface area contributed by atoms with Crippen LogP contribution in [0.1, 0.15) is 16.7 Å². The van der Waals surface area contributed by atoms with Gasteiger partial charge in [0.1, 0.15) is 0 Å². The van der Waals surface area contributed by atoms with Crippen molar-refractivity contribution in [3.63, 3.8) is 0 Å². The number of aliphatic hydroxyl groups is 1. The van der Waals surface area contributed by atoms with Crippen molar-refractivity contribution < 1.29 is 5.11 Å². The molecule has 1 aromatic heterocycles. The fourth-order valence-corrected chi connectivity index (χ4v) is 2.60. The summed E-state index contributed by atoms with van der Waals surface area (Å²) in [6.45, 7) is 0. The summed E-state index contributed by atoms with van der Waals surface area (Å²) in [5, 5.41) is 13.8. The molecule has 1 heterocycles. The van der Waals surface area contributed by atoms with E-state index in [1.54, 1.807) is 24.4 Å². The Hall–Kier alpha value is -0.610. The first-order valence-corrected chi connectivity index (χ1v) is 6.31. The maximum absolute atomic E-state index is 9.99. The molecule has 1 unspecified atom stereocenters. The molecule has 0 aliphatic carbocycles. The van der Waals surface area contributed by atoms with Gasteiger partial charge in [-0.15, -0.1) is 11.3 Å². The first-order chi connectivity index (χ1) is 7.65. The van der Waals surface area contributed by atoms with Gasteiger partial charge in [0.2, 0.25) is 0 Å². The lowest BCUT2D eigenvalue weighted by Crippen LogP contribution is -2.01. The van der Waals surface area contributed by atoms with Crippen LogP contribution in [0.3, 0.4) is 0 Å². The second kappa shape index (κ2) is 5.15. The molecule has 16 heavy (non-hydrogen) atoms. The van der Waals surface area contributed by atoms with Crippen molar-refractivity contribution in [1.82, 2.24) is 4.98 Å². The fourth-order valence-electron chi connectivity index (χ4n) is 1.40. The average molecular weight is 274 g/mol. The monoisotopic (exact) mass is 273 g/mol. The number of aliphatic hydroxyl groups excluding tert-OH is 1. The maximum Gasteiger partial charge on any atom is 0.0954 e. The highest BCUT2D eigenvalue weighted by Gasteiger charge is 2.11. The molecule has 0 radical (unpaired) electrons. The van der Waals surface area contributed by atoms with E-state index in [9.17, 15) is 5.11 Å². The molecule has 0 saturated heterocycles. The molecule has 0 bridgehead atoms. The van der Waals surface area contributed by atoms with Gasteiger partial charge in [-0.2, -0.15) is 0 Å². The van der Waals surface area contributed by atoms with Gasteiger partial charge in [0.15, 0.2) is 0 Å². The highest BCUT2D eigenvalue weighted by Crippen LogP contribution is 2.26. The quantitative estimate of drug-likeness (QED) is 0.925. The average Bonchev–Trinajstić information content (AvgIpc) is 2.68. The van der Waals surface area contributed by atoms with Gasteiger partial charge < -0.3 is 5.11 Å². The summed E-state index contributed by atoms with van der Waals surface area (Å²) in [6, 6.07) is 5.07. The summed E-state index contributed by atoms with van der Waals surface area (Å²) in [7, 11) is 0. The smallest absolute Gasteiger partial charge is 0.0954 e. The van der Waals surface area contributed by atoms with E-state index in [0.29, 0.717) is 22.0 Å². The number of aromatic nitrogens is 1. The topological polar surface area (TPSA) is 33.1 Å². The van der Waals surface area contributed by atoms with Crippen LogP contribution in [0.25, 0.3) is 0 Å². The molecule has 2 rings (SSSR count). The third-order valence-corrected chi connectivity index (χ3v) is 3.36. The maximum atomic E-state index is 9.99. The minimum absolute atomic E-state index is 0.480. The van der Waals surface area contributed by atoms with E-state index in [4.69, 9.17) is 23.2 Å². The Bertz CT molecular complexity index is 453. The number of thiazole rings is 1. The fraction of sp³-hybridized carbons (Fsp3) is 0.182. The molecule has 0 saturated carbocycles. The minimum Gasteiger partial charge on any atom is -0.388 e. The zero-order chi connectivity index (χ0) is 11.5. The van der Waals surface area contributed by atoms with E-state index in [1.807, 2.05) is 5.38 Å². The summed E-state index contributed by atoms with van der Waals surface area (Å²) in [6.07, 6.45) is 1.58. The molecule has 1 atom stereocenters. The van der Waals surface area contributed by atoms with E-state index < -0.39 is 6.10 Å². The van der Waals surface area contributed by atoms with Gasteiger partial charge in [0.05, 0.1) is 11.1 Å². The summed E-state index contributed by atoms with van der Waals surface area (Å²) in [5.41, 5.74) is 0.715. The van der Waals surface area contributed by atoms with E-state index in [-0.39, 0.29) is 0 Å². The Morgan fingerprint density at radius 3 is 2.50 bits per heavy atom. The van der Waals surface area contributed by atoms with Crippen LogP contribution in [-0.4, -0.2) is 10.1 Å². The van der Waals surface area contributed by atoms with Gasteiger partial charge in [-0.05, 0) is 23.8 Å². The van der Waals surface area contributed by atoms with Gasteiger partial charge in [0, 0.05) is 28.0 Å². The van der Waals surface area contributed by atoms with Gasteiger partial charge in [-0.3, -0.25) is 0 Å². The van der Waals surface area contributed by atoms with Crippen molar-refractivity contribution in [3.05, 3.63) is 50.4 Å². The van der Waals surface area contributed by atoms with Crippen molar-refractivity contribution in [2.24, 2.45) is 0 Å². The van der Waals surface area contributed by atoms with Crippen LogP contribution in [0.15, 0.2) is 29.8 Å². The second-order valence-electron chi connectivity index (χ2n) is 3.35. The molecular formula is C11H9Cl2NOS. The van der Waals surface area contributed by atoms with Crippen LogP contribution >= 0.6 is 34.5 Å². The zero-order valence-electron chi connectivity index (χ0n) is 8.23. The van der Waals surface area contributed by atoms with Crippen LogP contribution in [0.5, 0.6) is 0 Å². The molecule has 0 amide bonds. The summed E-state index contributed by atoms with van der Waals surface area (Å²) < 4.78 is 0. The minimum atomic E-state index is -0.623. The predicted octanol–water partition coefficient (Wildman–Crippen LogP) is 3.73. The molecule has 1 N–H and O–H groups in total. The Balaban J connectivity index is 2.17. The van der Waals surface area contributed by atoms with Gasteiger partial charge in [-0.25, -0.2) is 4.98 Å². The molecule has 0 aliphatic heterocycles. The lowest BCUT2D eigenvalue weighted by Gasteiger charge is -2.10. The highest BCUT2D eigenvalue weighted by atomic mass is 35.5. The highest BCUT2D eigenvalue weighted by molar-refractivity contribution is 7.09. The lowest BCUT2D eigenvalue weighted by atomic mass is 10.1. The number of hydrogen-bond acceptors (Lipinski definition) is 3. The van der Waals surface area contributed by atoms with Gasteiger partial charge in [0.25, 0.3) is 0 Å². The van der Waals surface area contributed by atoms with Crippen molar-refractivity contribution in [2.75, 3.05) is 0 Å². The molecule has 1 aromatic carbocycles. The zero-order valence-corrected chi connectivity index (χ0v) is 10.6. The van der Waals surface area contributed by atoms with Crippen molar-refractivity contribution in [1.29, 1.82) is 0 Å². The Kier molecular flexibility index (Phi) is 3.82. The molecule has 2 nitrogen and oxygen atoms in total. The lowest BCUT2D eigenvalue weighted by molar-refractivity contribution is 0.178. The van der Waals surface area contributed by atoms with Crippen molar-refractivity contribution >= 4 is 34.5 Å². The van der Waals surface area contributed by atoms with E-state index >= 15 is 0 Å². The third-order valence-electron chi connectivity index (χ3n) is 2.12. The van der Waals surface area contributed by atoms with Crippen LogP contribution in [0, 0.1) is 0 Å². The summed E-state index contributed by atoms with van der Waals surface area (Å²) >= 11 is 13.3. The Morgan fingerprint density at radius 2 is 1.94 bits per heavy atom. The second-order valence-corrected chi connectivity index (χ2v) is 5.20. The van der Waals surface area contributed by atoms with Crippen molar-refractivity contribution in [2.45, 2.75) is 12.5 Å². The first-order valence-electron chi connectivity index (χ1n) is 4.67. The van der Waals surface area contributed by atoms with Gasteiger partial charge >= 0.3 is 0 Å². The Morgan fingerprint density at radius 1 is 1.25 bits per heavy atom. The van der Waals surface area contributed by atoms with E-state index in [0.717, 1.165) is 5.01 Å². The number of halogens is 2. The third kappa shape index (κ3) is 2.95. The van der Waals surface area contributed by atoms with Crippen LogP contribution in [-0.2, 0) is 6.42 Å². The molecule has 84 valence electrons. The van der Waals surface area contributed by atoms with E-state index in [2.05, 4.69) is 4.98 Å². The molecule has 0 fully saturated rings. The number of hydrogen-bond donors (Lipinski definition) is 1. The largest absolute Gasteiger partial charge is 0.388 e. The van der Waals surface area contributed by atoms with Crippen LogP contribution in [0.4, 0.5) is 0 Å². The van der Waals surface area contributed by atoms with Gasteiger partial charge in [-0.1, -0.05) is 23.2 Å². The molecule has 5 heteroatoms. The number of benzene rings is 1. The first kappa shape index (κ1) is 11.9. The van der Waals surface area contributed by atoms with Crippen LogP contribution < -0.4 is 0 Å². The number of rotatable bonds is 3.